The van der Waals surface area contributed by atoms with Crippen molar-refractivity contribution in [1.82, 2.24) is 5.32 Å². The van der Waals surface area contributed by atoms with Crippen molar-refractivity contribution in [2.45, 2.75) is 58.9 Å². The van der Waals surface area contributed by atoms with E-state index in [0.717, 1.165) is 6.42 Å². The highest BCUT2D eigenvalue weighted by Crippen LogP contribution is 2.24. The fourth-order valence-electron chi connectivity index (χ4n) is 2.47. The van der Waals surface area contributed by atoms with E-state index in [4.69, 9.17) is 5.73 Å². The summed E-state index contributed by atoms with van der Waals surface area (Å²) in [5.74, 6) is 1.71. The zero-order valence-electron chi connectivity index (χ0n) is 11.5. The van der Waals surface area contributed by atoms with Gasteiger partial charge in [0.2, 0.25) is 5.91 Å². The molecule has 100 valence electrons. The third-order valence-electron chi connectivity index (χ3n) is 4.20. The molecule has 1 rings (SSSR count). The van der Waals surface area contributed by atoms with Crippen LogP contribution in [-0.2, 0) is 4.79 Å². The van der Waals surface area contributed by atoms with Crippen LogP contribution in [0.4, 0.5) is 0 Å². The van der Waals surface area contributed by atoms with Gasteiger partial charge in [-0.3, -0.25) is 4.79 Å². The van der Waals surface area contributed by atoms with Gasteiger partial charge >= 0.3 is 0 Å². The van der Waals surface area contributed by atoms with Crippen molar-refractivity contribution >= 4 is 5.91 Å². The van der Waals surface area contributed by atoms with Gasteiger partial charge in [-0.15, -0.1) is 0 Å². The summed E-state index contributed by atoms with van der Waals surface area (Å²) in [5.41, 5.74) is 5.77. The first kappa shape index (κ1) is 14.5. The molecular weight excluding hydrogens is 212 g/mol. The Labute approximate surface area is 106 Å². The van der Waals surface area contributed by atoms with E-state index in [9.17, 15) is 4.79 Å². The summed E-state index contributed by atoms with van der Waals surface area (Å²) in [7, 11) is 0. The first-order valence-electron chi connectivity index (χ1n) is 7.04. The lowest BCUT2D eigenvalue weighted by Crippen LogP contribution is -2.45. The van der Waals surface area contributed by atoms with Gasteiger partial charge in [-0.2, -0.15) is 0 Å². The first-order valence-corrected chi connectivity index (χ1v) is 7.04. The van der Waals surface area contributed by atoms with Crippen LogP contribution < -0.4 is 11.1 Å². The Bertz CT molecular complexity index is 240. The second-order valence-electron chi connectivity index (χ2n) is 5.88. The van der Waals surface area contributed by atoms with Crippen LogP contribution >= 0.6 is 0 Å². The Morgan fingerprint density at radius 3 is 2.53 bits per heavy atom. The van der Waals surface area contributed by atoms with E-state index >= 15 is 0 Å². The summed E-state index contributed by atoms with van der Waals surface area (Å²) < 4.78 is 0. The van der Waals surface area contributed by atoms with Gasteiger partial charge in [-0.25, -0.2) is 0 Å². The Balaban J connectivity index is 2.38. The monoisotopic (exact) mass is 240 g/mol. The van der Waals surface area contributed by atoms with Crippen LogP contribution in [0.5, 0.6) is 0 Å². The lowest BCUT2D eigenvalue weighted by atomic mass is 9.84. The maximum absolute atomic E-state index is 11.9. The molecule has 1 aliphatic carbocycles. The van der Waals surface area contributed by atoms with Crippen LogP contribution in [0.2, 0.25) is 0 Å². The molecule has 0 aromatic heterocycles. The molecule has 0 radical (unpaired) electrons. The van der Waals surface area contributed by atoms with Crippen molar-refractivity contribution in [3.8, 4) is 0 Å². The predicted molar refractivity (Wildman–Crippen MR) is 71.6 cm³/mol. The van der Waals surface area contributed by atoms with Crippen molar-refractivity contribution in [3.63, 3.8) is 0 Å². The van der Waals surface area contributed by atoms with E-state index in [1.165, 1.54) is 19.3 Å². The SMILES string of the molecule is CC(C)C(C)CC(=O)NC1CCCCC1CN. The van der Waals surface area contributed by atoms with Gasteiger partial charge in [0.1, 0.15) is 0 Å². The van der Waals surface area contributed by atoms with Crippen LogP contribution in [-0.4, -0.2) is 18.5 Å². The van der Waals surface area contributed by atoms with Crippen molar-refractivity contribution in [2.24, 2.45) is 23.5 Å². The quantitative estimate of drug-likeness (QED) is 0.774. The Hall–Kier alpha value is -0.570. The smallest absolute Gasteiger partial charge is 0.220 e. The van der Waals surface area contributed by atoms with Crippen molar-refractivity contribution in [3.05, 3.63) is 0 Å². The summed E-state index contributed by atoms with van der Waals surface area (Å²) >= 11 is 0. The second kappa shape index (κ2) is 7.00. The standard InChI is InChI=1S/C14H28N2O/c1-10(2)11(3)8-14(17)16-13-7-5-4-6-12(13)9-15/h10-13H,4-9,15H2,1-3H3,(H,16,17). The number of carbonyl (C=O) groups excluding carboxylic acids is 1. The van der Waals surface area contributed by atoms with Crippen molar-refractivity contribution in [1.29, 1.82) is 0 Å². The summed E-state index contributed by atoms with van der Waals surface area (Å²) in [5, 5.41) is 3.19. The van der Waals surface area contributed by atoms with Gasteiger partial charge in [0.25, 0.3) is 0 Å². The number of nitrogens with two attached hydrogens (primary N) is 1. The number of hydrogen-bond donors (Lipinski definition) is 2. The maximum atomic E-state index is 11.9. The van der Waals surface area contributed by atoms with E-state index in [1.807, 2.05) is 0 Å². The van der Waals surface area contributed by atoms with Crippen LogP contribution in [0.15, 0.2) is 0 Å². The zero-order chi connectivity index (χ0) is 12.8. The topological polar surface area (TPSA) is 55.1 Å². The molecule has 0 aromatic rings. The van der Waals surface area contributed by atoms with Crippen LogP contribution in [0.3, 0.4) is 0 Å². The lowest BCUT2D eigenvalue weighted by molar-refractivity contribution is -0.123. The minimum Gasteiger partial charge on any atom is -0.353 e. The van der Waals surface area contributed by atoms with Crippen molar-refractivity contribution < 1.29 is 4.79 Å². The highest BCUT2D eigenvalue weighted by molar-refractivity contribution is 5.76. The van der Waals surface area contributed by atoms with Crippen LogP contribution in [0, 0.1) is 17.8 Å². The molecule has 3 unspecified atom stereocenters. The van der Waals surface area contributed by atoms with Crippen LogP contribution in [0.25, 0.3) is 0 Å². The normalized spacial score (nSPS) is 26.9. The summed E-state index contributed by atoms with van der Waals surface area (Å²) in [6, 6.07) is 0.320. The average Bonchev–Trinajstić information content (AvgIpc) is 2.29. The second-order valence-corrected chi connectivity index (χ2v) is 5.88. The molecule has 0 aliphatic heterocycles. The number of hydrogen-bond acceptors (Lipinski definition) is 2. The van der Waals surface area contributed by atoms with Gasteiger partial charge in [0.15, 0.2) is 0 Å². The molecule has 0 aromatic carbocycles. The van der Waals surface area contributed by atoms with E-state index in [-0.39, 0.29) is 5.91 Å². The molecule has 3 atom stereocenters. The number of carbonyl (C=O) groups is 1. The summed E-state index contributed by atoms with van der Waals surface area (Å²) in [4.78, 5) is 11.9. The minimum absolute atomic E-state index is 0.205. The molecule has 0 bridgehead atoms. The van der Waals surface area contributed by atoms with E-state index < -0.39 is 0 Å². The number of amides is 1. The molecule has 1 amide bonds. The Morgan fingerprint density at radius 1 is 1.29 bits per heavy atom. The molecule has 0 heterocycles. The molecular formula is C14H28N2O. The molecule has 3 heteroatoms. The lowest BCUT2D eigenvalue weighted by Gasteiger charge is -2.31. The fourth-order valence-corrected chi connectivity index (χ4v) is 2.47. The summed E-state index contributed by atoms with van der Waals surface area (Å²) in [6.45, 7) is 7.18. The minimum atomic E-state index is 0.205. The van der Waals surface area contributed by atoms with Gasteiger partial charge in [0.05, 0.1) is 0 Å². The number of nitrogens with one attached hydrogen (secondary N) is 1. The third-order valence-corrected chi connectivity index (χ3v) is 4.20. The highest BCUT2D eigenvalue weighted by atomic mass is 16.1. The molecule has 1 saturated carbocycles. The largest absolute Gasteiger partial charge is 0.353 e. The Kier molecular flexibility index (Phi) is 5.96. The van der Waals surface area contributed by atoms with Gasteiger partial charge < -0.3 is 11.1 Å². The summed E-state index contributed by atoms with van der Waals surface area (Å²) in [6.07, 6.45) is 5.40. The van der Waals surface area contributed by atoms with Gasteiger partial charge in [0, 0.05) is 12.5 Å². The van der Waals surface area contributed by atoms with E-state index in [0.29, 0.717) is 36.8 Å². The van der Waals surface area contributed by atoms with E-state index in [1.54, 1.807) is 0 Å². The molecule has 1 fully saturated rings. The Morgan fingerprint density at radius 2 is 1.94 bits per heavy atom. The van der Waals surface area contributed by atoms with E-state index in [2.05, 4.69) is 26.1 Å². The number of rotatable bonds is 5. The fraction of sp³-hybridized carbons (Fsp3) is 0.929. The zero-order valence-corrected chi connectivity index (χ0v) is 11.5. The average molecular weight is 240 g/mol. The first-order chi connectivity index (χ1) is 8.04. The third kappa shape index (κ3) is 4.66. The highest BCUT2D eigenvalue weighted by Gasteiger charge is 2.25. The predicted octanol–water partition coefficient (Wildman–Crippen LogP) is 2.30. The molecule has 0 spiro atoms. The maximum Gasteiger partial charge on any atom is 0.220 e. The van der Waals surface area contributed by atoms with Gasteiger partial charge in [-0.05, 0) is 37.1 Å². The molecule has 3 nitrogen and oxygen atoms in total. The van der Waals surface area contributed by atoms with Crippen molar-refractivity contribution in [2.75, 3.05) is 6.54 Å². The molecule has 0 saturated heterocycles. The molecule has 1 aliphatic rings. The van der Waals surface area contributed by atoms with Crippen LogP contribution in [0.1, 0.15) is 52.9 Å². The van der Waals surface area contributed by atoms with Gasteiger partial charge in [-0.1, -0.05) is 33.6 Å². The molecule has 3 N–H and O–H groups in total. The molecule has 17 heavy (non-hydrogen) atoms.